The Bertz CT molecular complexity index is 388. The van der Waals surface area contributed by atoms with Gasteiger partial charge >= 0.3 is 0 Å². The highest BCUT2D eigenvalue weighted by atomic mass is 16.5. The van der Waals surface area contributed by atoms with Gasteiger partial charge in [0.05, 0.1) is 19.3 Å². The first-order valence-corrected chi connectivity index (χ1v) is 5.97. The molecular formula is C13H18N2O. The van der Waals surface area contributed by atoms with Crippen LogP contribution in [-0.4, -0.2) is 32.8 Å². The molecule has 1 saturated heterocycles. The lowest BCUT2D eigenvalue weighted by atomic mass is 10.1. The molecule has 0 unspecified atom stereocenters. The van der Waals surface area contributed by atoms with Crippen LogP contribution >= 0.6 is 0 Å². The van der Waals surface area contributed by atoms with Gasteiger partial charge in [0.25, 0.3) is 0 Å². The fourth-order valence-electron chi connectivity index (χ4n) is 2.35. The third-order valence-corrected chi connectivity index (χ3v) is 3.50. The van der Waals surface area contributed by atoms with E-state index in [4.69, 9.17) is 4.74 Å². The zero-order chi connectivity index (χ0) is 11.0. The summed E-state index contributed by atoms with van der Waals surface area (Å²) in [5.41, 5.74) is 4.28. The van der Waals surface area contributed by atoms with Gasteiger partial charge in [0.1, 0.15) is 0 Å². The van der Waals surface area contributed by atoms with Crippen LogP contribution in [-0.2, 0) is 17.7 Å². The zero-order valence-electron chi connectivity index (χ0n) is 9.70. The van der Waals surface area contributed by atoms with Gasteiger partial charge in [-0.15, -0.1) is 0 Å². The Morgan fingerprint density at radius 2 is 2.31 bits per heavy atom. The molecule has 3 nitrogen and oxygen atoms in total. The lowest BCUT2D eigenvalue weighted by Crippen LogP contribution is -2.45. The van der Waals surface area contributed by atoms with Gasteiger partial charge in [0.2, 0.25) is 0 Å². The molecule has 86 valence electrons. The maximum atomic E-state index is 5.14. The standard InChI is InChI=1S/C13H18N2O/c1-15-5-4-11-6-10(2-3-13(11)15)7-14-12-8-16-9-12/h2-3,6,12,14H,4-5,7-9H2,1H3. The second kappa shape index (κ2) is 4.07. The van der Waals surface area contributed by atoms with Crippen LogP contribution in [0.25, 0.3) is 0 Å². The number of ether oxygens (including phenoxy) is 1. The van der Waals surface area contributed by atoms with Crippen molar-refractivity contribution in [1.82, 2.24) is 5.32 Å². The Labute approximate surface area is 96.4 Å². The van der Waals surface area contributed by atoms with Gasteiger partial charge in [0, 0.05) is 25.8 Å². The number of benzene rings is 1. The fraction of sp³-hybridized carbons (Fsp3) is 0.538. The van der Waals surface area contributed by atoms with Crippen LogP contribution in [0.2, 0.25) is 0 Å². The molecule has 0 aliphatic carbocycles. The summed E-state index contributed by atoms with van der Waals surface area (Å²) in [6, 6.07) is 7.38. The van der Waals surface area contributed by atoms with Gasteiger partial charge in [-0.3, -0.25) is 0 Å². The van der Waals surface area contributed by atoms with Crippen LogP contribution in [0.3, 0.4) is 0 Å². The topological polar surface area (TPSA) is 24.5 Å². The van der Waals surface area contributed by atoms with Crippen molar-refractivity contribution in [2.45, 2.75) is 19.0 Å². The summed E-state index contributed by atoms with van der Waals surface area (Å²) in [5, 5.41) is 3.50. The van der Waals surface area contributed by atoms with E-state index in [0.717, 1.165) is 26.3 Å². The van der Waals surface area contributed by atoms with Crippen molar-refractivity contribution in [1.29, 1.82) is 0 Å². The summed E-state index contributed by atoms with van der Waals surface area (Å²) in [7, 11) is 2.16. The zero-order valence-corrected chi connectivity index (χ0v) is 9.70. The van der Waals surface area contributed by atoms with Crippen molar-refractivity contribution >= 4 is 5.69 Å². The molecule has 16 heavy (non-hydrogen) atoms. The number of hydrogen-bond donors (Lipinski definition) is 1. The highest BCUT2D eigenvalue weighted by Gasteiger charge is 2.18. The molecular weight excluding hydrogens is 200 g/mol. The van der Waals surface area contributed by atoms with E-state index >= 15 is 0 Å². The van der Waals surface area contributed by atoms with Gasteiger partial charge in [-0.05, 0) is 23.6 Å². The summed E-state index contributed by atoms with van der Waals surface area (Å²) >= 11 is 0. The second-order valence-corrected chi connectivity index (χ2v) is 4.75. The molecule has 2 aliphatic rings. The van der Waals surface area contributed by atoms with E-state index in [1.54, 1.807) is 0 Å². The molecule has 0 radical (unpaired) electrons. The Morgan fingerprint density at radius 3 is 3.06 bits per heavy atom. The van der Waals surface area contributed by atoms with Gasteiger partial charge in [-0.1, -0.05) is 12.1 Å². The van der Waals surface area contributed by atoms with E-state index in [1.165, 1.54) is 23.2 Å². The number of nitrogens with one attached hydrogen (secondary N) is 1. The summed E-state index contributed by atoms with van der Waals surface area (Å²) in [5.74, 6) is 0. The first kappa shape index (κ1) is 10.1. The number of rotatable bonds is 3. The Kier molecular flexibility index (Phi) is 2.58. The van der Waals surface area contributed by atoms with E-state index in [2.05, 4.69) is 35.5 Å². The highest BCUT2D eigenvalue weighted by Crippen LogP contribution is 2.27. The van der Waals surface area contributed by atoms with Crippen molar-refractivity contribution in [2.75, 3.05) is 31.7 Å². The van der Waals surface area contributed by atoms with E-state index < -0.39 is 0 Å². The summed E-state index contributed by atoms with van der Waals surface area (Å²) in [6.07, 6.45) is 1.19. The molecule has 1 aromatic rings. The van der Waals surface area contributed by atoms with Crippen LogP contribution in [0.4, 0.5) is 5.69 Å². The predicted molar refractivity (Wildman–Crippen MR) is 64.9 cm³/mol. The molecule has 0 atom stereocenters. The van der Waals surface area contributed by atoms with Crippen molar-refractivity contribution < 1.29 is 4.74 Å². The average Bonchev–Trinajstić information content (AvgIpc) is 2.58. The molecule has 1 fully saturated rings. The molecule has 1 N–H and O–H groups in total. The number of anilines is 1. The lowest BCUT2D eigenvalue weighted by molar-refractivity contribution is -0.00578. The first-order valence-electron chi connectivity index (χ1n) is 5.97. The molecule has 1 aromatic carbocycles. The fourth-order valence-corrected chi connectivity index (χ4v) is 2.35. The average molecular weight is 218 g/mol. The summed E-state index contributed by atoms with van der Waals surface area (Å²) < 4.78 is 5.14. The Hall–Kier alpha value is -1.06. The molecule has 2 aliphatic heterocycles. The van der Waals surface area contributed by atoms with Gasteiger partial charge < -0.3 is 15.0 Å². The van der Waals surface area contributed by atoms with Crippen molar-refractivity contribution in [2.24, 2.45) is 0 Å². The molecule has 0 saturated carbocycles. The van der Waals surface area contributed by atoms with Crippen LogP contribution < -0.4 is 10.2 Å². The molecule has 3 rings (SSSR count). The van der Waals surface area contributed by atoms with Gasteiger partial charge in [-0.25, -0.2) is 0 Å². The molecule has 3 heteroatoms. The van der Waals surface area contributed by atoms with Crippen LogP contribution in [0.1, 0.15) is 11.1 Å². The minimum atomic E-state index is 0.566. The van der Waals surface area contributed by atoms with Crippen LogP contribution in [0.5, 0.6) is 0 Å². The summed E-state index contributed by atoms with van der Waals surface area (Å²) in [4.78, 5) is 2.33. The third kappa shape index (κ3) is 1.81. The predicted octanol–water partition coefficient (Wildman–Crippen LogP) is 1.17. The monoisotopic (exact) mass is 218 g/mol. The minimum absolute atomic E-state index is 0.566. The van der Waals surface area contributed by atoms with Gasteiger partial charge in [0.15, 0.2) is 0 Å². The summed E-state index contributed by atoms with van der Waals surface area (Å²) in [6.45, 7) is 3.86. The number of hydrogen-bond acceptors (Lipinski definition) is 3. The molecule has 0 amide bonds. The normalized spacial score (nSPS) is 19.7. The minimum Gasteiger partial charge on any atom is -0.378 e. The first-order chi connectivity index (χ1) is 7.83. The second-order valence-electron chi connectivity index (χ2n) is 4.75. The maximum Gasteiger partial charge on any atom is 0.0643 e. The Balaban J connectivity index is 1.67. The smallest absolute Gasteiger partial charge is 0.0643 e. The third-order valence-electron chi connectivity index (χ3n) is 3.50. The van der Waals surface area contributed by atoms with Crippen molar-refractivity contribution in [3.05, 3.63) is 29.3 Å². The SMILES string of the molecule is CN1CCc2cc(CNC3COC3)ccc21. The lowest BCUT2D eigenvalue weighted by Gasteiger charge is -2.27. The van der Waals surface area contributed by atoms with E-state index in [9.17, 15) is 0 Å². The van der Waals surface area contributed by atoms with Crippen LogP contribution in [0, 0.1) is 0 Å². The Morgan fingerprint density at radius 1 is 1.44 bits per heavy atom. The largest absolute Gasteiger partial charge is 0.378 e. The quantitative estimate of drug-likeness (QED) is 0.824. The van der Waals surface area contributed by atoms with E-state index in [-0.39, 0.29) is 0 Å². The van der Waals surface area contributed by atoms with Gasteiger partial charge in [-0.2, -0.15) is 0 Å². The van der Waals surface area contributed by atoms with Crippen molar-refractivity contribution in [3.8, 4) is 0 Å². The maximum absolute atomic E-state index is 5.14. The molecule has 2 heterocycles. The molecule has 0 aromatic heterocycles. The molecule has 0 spiro atoms. The number of fused-ring (bicyclic) bond motifs is 1. The van der Waals surface area contributed by atoms with Crippen molar-refractivity contribution in [3.63, 3.8) is 0 Å². The number of likely N-dealkylation sites (N-methyl/N-ethyl adjacent to an activating group) is 1. The highest BCUT2D eigenvalue weighted by molar-refractivity contribution is 5.58. The number of nitrogens with zero attached hydrogens (tertiary/aromatic N) is 1. The van der Waals surface area contributed by atoms with Crippen LogP contribution in [0.15, 0.2) is 18.2 Å². The van der Waals surface area contributed by atoms with E-state index in [0.29, 0.717) is 6.04 Å². The molecule has 0 bridgehead atoms. The van der Waals surface area contributed by atoms with E-state index in [1.807, 2.05) is 0 Å².